The molecular formula is C13H19BrN2O3S2. The molecular weight excluding hydrogens is 376 g/mol. The Hall–Kier alpha value is -0.440. The zero-order chi connectivity index (χ0) is 15.5. The molecule has 1 amide bonds. The molecule has 1 N–H and O–H groups in total. The van der Waals surface area contributed by atoms with Crippen molar-refractivity contribution in [3.8, 4) is 0 Å². The van der Waals surface area contributed by atoms with Crippen LogP contribution in [0.3, 0.4) is 0 Å². The van der Waals surface area contributed by atoms with Crippen molar-refractivity contribution in [3.63, 3.8) is 0 Å². The molecule has 1 fully saturated rings. The molecule has 0 saturated carbocycles. The monoisotopic (exact) mass is 394 g/mol. The third kappa shape index (κ3) is 5.36. The van der Waals surface area contributed by atoms with Crippen LogP contribution >= 0.6 is 27.3 Å². The van der Waals surface area contributed by atoms with Crippen molar-refractivity contribution in [1.29, 1.82) is 0 Å². The van der Waals surface area contributed by atoms with E-state index in [4.69, 9.17) is 0 Å². The van der Waals surface area contributed by atoms with Crippen LogP contribution < -0.4 is 5.32 Å². The van der Waals surface area contributed by atoms with E-state index < -0.39 is 9.84 Å². The van der Waals surface area contributed by atoms with Gasteiger partial charge in [-0.2, -0.15) is 0 Å². The van der Waals surface area contributed by atoms with Gasteiger partial charge in [-0.15, -0.1) is 11.3 Å². The second-order valence-corrected chi connectivity index (χ2v) is 9.95. The first kappa shape index (κ1) is 16.9. The number of hydrogen-bond acceptors (Lipinski definition) is 5. The van der Waals surface area contributed by atoms with Crippen LogP contribution in [-0.2, 0) is 21.2 Å². The lowest BCUT2D eigenvalue weighted by atomic mass is 10.2. The second kappa shape index (κ2) is 7.21. The van der Waals surface area contributed by atoms with Crippen molar-refractivity contribution in [1.82, 2.24) is 10.2 Å². The van der Waals surface area contributed by atoms with Gasteiger partial charge in [0.2, 0.25) is 5.91 Å². The zero-order valence-corrected chi connectivity index (χ0v) is 15.1. The summed E-state index contributed by atoms with van der Waals surface area (Å²) in [5, 5.41) is 2.82. The van der Waals surface area contributed by atoms with Crippen molar-refractivity contribution in [3.05, 3.63) is 20.8 Å². The van der Waals surface area contributed by atoms with E-state index in [9.17, 15) is 13.2 Å². The lowest BCUT2D eigenvalue weighted by Gasteiger charge is -2.20. The van der Waals surface area contributed by atoms with Crippen molar-refractivity contribution in [2.45, 2.75) is 25.9 Å². The summed E-state index contributed by atoms with van der Waals surface area (Å²) in [6.45, 7) is 3.80. The van der Waals surface area contributed by atoms with E-state index >= 15 is 0 Å². The molecule has 1 aromatic heterocycles. The van der Waals surface area contributed by atoms with Gasteiger partial charge in [-0.3, -0.25) is 9.69 Å². The fourth-order valence-corrected chi connectivity index (χ4v) is 5.52. The SMILES string of the molecule is CCN(CC(=O)N[C@@H]1CCS(=O)(=O)C1)Cc1ccc(Br)s1. The largest absolute Gasteiger partial charge is 0.351 e. The first-order chi connectivity index (χ1) is 9.88. The summed E-state index contributed by atoms with van der Waals surface area (Å²) in [5.74, 6) is 0.149. The van der Waals surface area contributed by atoms with Crippen molar-refractivity contribution in [2.24, 2.45) is 0 Å². The van der Waals surface area contributed by atoms with Crippen molar-refractivity contribution in [2.75, 3.05) is 24.6 Å². The average Bonchev–Trinajstić information content (AvgIpc) is 2.94. The molecule has 5 nitrogen and oxygen atoms in total. The smallest absolute Gasteiger partial charge is 0.234 e. The van der Waals surface area contributed by atoms with Gasteiger partial charge in [-0.05, 0) is 41.0 Å². The van der Waals surface area contributed by atoms with Crippen molar-refractivity contribution >= 4 is 43.0 Å². The molecule has 0 spiro atoms. The van der Waals surface area contributed by atoms with Crippen LogP contribution in [0.15, 0.2) is 15.9 Å². The maximum Gasteiger partial charge on any atom is 0.234 e. The first-order valence-corrected chi connectivity index (χ1v) is 10.3. The Labute approximate surface area is 137 Å². The standard InChI is InChI=1S/C13H19BrN2O3S2/c1-2-16(7-11-3-4-12(14)20-11)8-13(17)15-10-5-6-21(18,19)9-10/h3-4,10H,2,5-9H2,1H3,(H,15,17)/t10-/m1/s1. The maximum atomic E-state index is 12.0. The topological polar surface area (TPSA) is 66.5 Å². The Balaban J connectivity index is 1.82. The van der Waals surface area contributed by atoms with Gasteiger partial charge >= 0.3 is 0 Å². The number of likely N-dealkylation sites (N-methyl/N-ethyl adjacent to an activating group) is 1. The number of rotatable bonds is 6. The van der Waals surface area contributed by atoms with Crippen LogP contribution in [0, 0.1) is 0 Å². The fraction of sp³-hybridized carbons (Fsp3) is 0.615. The number of nitrogens with zero attached hydrogens (tertiary/aromatic N) is 1. The zero-order valence-electron chi connectivity index (χ0n) is 11.8. The molecule has 0 radical (unpaired) electrons. The van der Waals surface area contributed by atoms with Gasteiger partial charge in [0, 0.05) is 17.5 Å². The summed E-state index contributed by atoms with van der Waals surface area (Å²) in [7, 11) is -2.95. The van der Waals surface area contributed by atoms with Crippen LogP contribution in [-0.4, -0.2) is 49.9 Å². The summed E-state index contributed by atoms with van der Waals surface area (Å²) in [4.78, 5) is 15.3. The number of carbonyl (C=O) groups is 1. The van der Waals surface area contributed by atoms with E-state index in [0.717, 1.165) is 16.9 Å². The Kier molecular flexibility index (Phi) is 5.81. The number of halogens is 1. The van der Waals surface area contributed by atoms with Gasteiger partial charge in [0.25, 0.3) is 0 Å². The minimum absolute atomic E-state index is 0.0722. The van der Waals surface area contributed by atoms with Crippen LogP contribution in [0.1, 0.15) is 18.2 Å². The average molecular weight is 395 g/mol. The predicted octanol–water partition coefficient (Wildman–Crippen LogP) is 1.64. The highest BCUT2D eigenvalue weighted by Gasteiger charge is 2.29. The van der Waals surface area contributed by atoms with Crippen LogP contribution in [0.2, 0.25) is 0 Å². The van der Waals surface area contributed by atoms with E-state index in [2.05, 4.69) is 21.2 Å². The fourth-order valence-electron chi connectivity index (χ4n) is 2.32. The Morgan fingerprint density at radius 1 is 1.52 bits per heavy atom. The molecule has 0 aliphatic carbocycles. The molecule has 0 bridgehead atoms. The van der Waals surface area contributed by atoms with E-state index in [1.54, 1.807) is 11.3 Å². The lowest BCUT2D eigenvalue weighted by Crippen LogP contribution is -2.42. The van der Waals surface area contributed by atoms with Crippen LogP contribution in [0.5, 0.6) is 0 Å². The minimum Gasteiger partial charge on any atom is -0.351 e. The molecule has 8 heteroatoms. The van der Waals surface area contributed by atoms with Gasteiger partial charge in [-0.1, -0.05) is 6.92 Å². The highest BCUT2D eigenvalue weighted by molar-refractivity contribution is 9.11. The highest BCUT2D eigenvalue weighted by atomic mass is 79.9. The number of hydrogen-bond donors (Lipinski definition) is 1. The number of amides is 1. The molecule has 1 atom stereocenters. The quantitative estimate of drug-likeness (QED) is 0.795. The molecule has 1 aliphatic rings. The highest BCUT2D eigenvalue weighted by Crippen LogP contribution is 2.23. The molecule has 2 rings (SSSR count). The third-order valence-electron chi connectivity index (χ3n) is 3.42. The number of nitrogens with one attached hydrogen (secondary N) is 1. The predicted molar refractivity (Wildman–Crippen MR) is 88.2 cm³/mol. The van der Waals surface area contributed by atoms with Gasteiger partial charge in [0.05, 0.1) is 21.8 Å². The Bertz CT molecular complexity index is 600. The van der Waals surface area contributed by atoms with E-state index in [0.29, 0.717) is 13.0 Å². The minimum atomic E-state index is -2.95. The van der Waals surface area contributed by atoms with Crippen LogP contribution in [0.25, 0.3) is 0 Å². The summed E-state index contributed by atoms with van der Waals surface area (Å²) < 4.78 is 23.8. The van der Waals surface area contributed by atoms with Gasteiger partial charge < -0.3 is 5.32 Å². The summed E-state index contributed by atoms with van der Waals surface area (Å²) in [6.07, 6.45) is 0.526. The normalized spacial score (nSPS) is 20.8. The molecule has 1 saturated heterocycles. The first-order valence-electron chi connectivity index (χ1n) is 6.84. The van der Waals surface area contributed by atoms with Crippen LogP contribution in [0.4, 0.5) is 0 Å². The Morgan fingerprint density at radius 2 is 2.29 bits per heavy atom. The van der Waals surface area contributed by atoms with E-state index in [1.165, 1.54) is 4.88 Å². The number of sulfone groups is 1. The molecule has 1 aromatic rings. The number of thiophene rings is 1. The molecule has 2 heterocycles. The van der Waals surface area contributed by atoms with E-state index in [1.807, 2.05) is 24.0 Å². The van der Waals surface area contributed by atoms with Gasteiger partial charge in [-0.25, -0.2) is 8.42 Å². The number of carbonyl (C=O) groups excluding carboxylic acids is 1. The molecule has 118 valence electrons. The Morgan fingerprint density at radius 3 is 2.81 bits per heavy atom. The lowest BCUT2D eigenvalue weighted by molar-refractivity contribution is -0.122. The van der Waals surface area contributed by atoms with Gasteiger partial charge in [0.15, 0.2) is 9.84 Å². The molecule has 21 heavy (non-hydrogen) atoms. The van der Waals surface area contributed by atoms with Crippen molar-refractivity contribution < 1.29 is 13.2 Å². The summed E-state index contributed by atoms with van der Waals surface area (Å²) >= 11 is 5.08. The summed E-state index contributed by atoms with van der Waals surface area (Å²) in [6, 6.07) is 3.81. The molecule has 1 aliphatic heterocycles. The second-order valence-electron chi connectivity index (χ2n) is 5.18. The summed E-state index contributed by atoms with van der Waals surface area (Å²) in [5.41, 5.74) is 0. The molecule has 0 unspecified atom stereocenters. The van der Waals surface area contributed by atoms with E-state index in [-0.39, 0.29) is 23.5 Å². The maximum absolute atomic E-state index is 12.0. The van der Waals surface area contributed by atoms with Gasteiger partial charge in [0.1, 0.15) is 0 Å². The third-order valence-corrected chi connectivity index (χ3v) is 6.80. The molecule has 0 aromatic carbocycles.